The summed E-state index contributed by atoms with van der Waals surface area (Å²) in [4.78, 5) is 27.2. The van der Waals surface area contributed by atoms with Crippen LogP contribution in [0.5, 0.6) is 0 Å². The van der Waals surface area contributed by atoms with Crippen LogP contribution in [0.1, 0.15) is 18.1 Å². The Hall–Kier alpha value is -2.08. The second-order valence-corrected chi connectivity index (χ2v) is 7.70. The Morgan fingerprint density at radius 1 is 1.11 bits per heavy atom. The number of aryl methyl sites for hydroxylation is 1. The lowest BCUT2D eigenvalue weighted by atomic mass is 10.1. The number of quaternary nitrogens is 1. The Morgan fingerprint density at radius 2 is 1.82 bits per heavy atom. The van der Waals surface area contributed by atoms with Crippen molar-refractivity contribution in [3.8, 4) is 0 Å². The lowest BCUT2D eigenvalue weighted by molar-refractivity contribution is -0.885. The highest BCUT2D eigenvalue weighted by atomic mass is 35.5. The average Bonchev–Trinajstić information content (AvgIpc) is 2.64. The minimum Gasteiger partial charge on any atom is -0.332 e. The Labute approximate surface area is 176 Å². The third kappa shape index (κ3) is 6.51. The van der Waals surface area contributed by atoms with Crippen LogP contribution < -0.4 is 10.2 Å². The van der Waals surface area contributed by atoms with Crippen LogP contribution in [0.2, 0.25) is 10.0 Å². The molecule has 28 heavy (non-hydrogen) atoms. The van der Waals surface area contributed by atoms with Crippen LogP contribution in [0.15, 0.2) is 42.5 Å². The van der Waals surface area contributed by atoms with Crippen LogP contribution >= 0.6 is 23.2 Å². The second kappa shape index (κ2) is 10.5. The van der Waals surface area contributed by atoms with Gasteiger partial charge in [-0.3, -0.25) is 9.59 Å². The molecule has 1 atom stereocenters. The van der Waals surface area contributed by atoms with Crippen molar-refractivity contribution in [2.24, 2.45) is 0 Å². The number of carbonyl (C=O) groups is 2. The first kappa shape index (κ1) is 22.2. The van der Waals surface area contributed by atoms with E-state index in [-0.39, 0.29) is 24.9 Å². The normalized spacial score (nSPS) is 11.8. The molecule has 0 fully saturated rings. The summed E-state index contributed by atoms with van der Waals surface area (Å²) in [6.45, 7) is 2.89. The molecule has 2 aromatic rings. The van der Waals surface area contributed by atoms with Gasteiger partial charge in [0.05, 0.1) is 18.6 Å². The first-order valence-electron chi connectivity index (χ1n) is 9.17. The summed E-state index contributed by atoms with van der Waals surface area (Å²) in [6, 6.07) is 13.0. The fourth-order valence-corrected chi connectivity index (χ4v) is 3.36. The lowest BCUT2D eigenvalue weighted by Crippen LogP contribution is -3.08. The van der Waals surface area contributed by atoms with Crippen molar-refractivity contribution in [3.05, 3.63) is 63.6 Å². The first-order valence-corrected chi connectivity index (χ1v) is 9.92. The van der Waals surface area contributed by atoms with Gasteiger partial charge >= 0.3 is 0 Å². The molecular formula is C21H26Cl2N3O2+. The maximum Gasteiger partial charge on any atom is 0.277 e. The number of amides is 2. The monoisotopic (exact) mass is 422 g/mol. The highest BCUT2D eigenvalue weighted by molar-refractivity contribution is 6.35. The van der Waals surface area contributed by atoms with Crippen molar-refractivity contribution in [1.29, 1.82) is 0 Å². The fraction of sp³-hybridized carbons (Fsp3) is 0.333. The van der Waals surface area contributed by atoms with E-state index in [2.05, 4.69) is 5.32 Å². The summed E-state index contributed by atoms with van der Waals surface area (Å²) < 4.78 is 0. The zero-order valence-corrected chi connectivity index (χ0v) is 17.9. The molecule has 7 heteroatoms. The van der Waals surface area contributed by atoms with E-state index < -0.39 is 0 Å². The molecule has 0 aliphatic heterocycles. The minimum absolute atomic E-state index is 0.00582. The highest BCUT2D eigenvalue weighted by Gasteiger charge is 2.18. The number of likely N-dealkylation sites (N-methyl/N-ethyl adjacent to an activating group) is 2. The number of hydrogen-bond acceptors (Lipinski definition) is 2. The molecule has 0 aromatic heterocycles. The minimum atomic E-state index is -0.213. The molecule has 0 radical (unpaired) electrons. The summed E-state index contributed by atoms with van der Waals surface area (Å²) in [7, 11) is 3.55. The topological polar surface area (TPSA) is 53.9 Å². The van der Waals surface area contributed by atoms with Gasteiger partial charge in [-0.15, -0.1) is 0 Å². The van der Waals surface area contributed by atoms with Crippen LogP contribution in [0.3, 0.4) is 0 Å². The smallest absolute Gasteiger partial charge is 0.277 e. The fourth-order valence-electron chi connectivity index (χ4n) is 2.89. The number of carbonyl (C=O) groups excluding carboxylic acids is 2. The van der Waals surface area contributed by atoms with Crippen LogP contribution in [-0.4, -0.2) is 43.9 Å². The van der Waals surface area contributed by atoms with E-state index in [9.17, 15) is 9.59 Å². The molecule has 0 saturated carbocycles. The average molecular weight is 423 g/mol. The summed E-state index contributed by atoms with van der Waals surface area (Å²) in [5.74, 6) is -0.323. The Kier molecular flexibility index (Phi) is 8.30. The van der Waals surface area contributed by atoms with Crippen LogP contribution in [-0.2, 0) is 22.6 Å². The van der Waals surface area contributed by atoms with Crippen molar-refractivity contribution in [2.45, 2.75) is 19.9 Å². The van der Waals surface area contributed by atoms with Gasteiger partial charge in [-0.05, 0) is 30.2 Å². The first-order chi connectivity index (χ1) is 13.3. The van der Waals surface area contributed by atoms with Crippen molar-refractivity contribution in [2.75, 3.05) is 32.5 Å². The largest absolute Gasteiger partial charge is 0.332 e. The van der Waals surface area contributed by atoms with Gasteiger partial charge in [0.15, 0.2) is 6.54 Å². The van der Waals surface area contributed by atoms with Crippen molar-refractivity contribution in [3.63, 3.8) is 0 Å². The predicted octanol–water partition coefficient (Wildman–Crippen LogP) is 2.67. The van der Waals surface area contributed by atoms with Crippen LogP contribution in [0, 0.1) is 0 Å². The van der Waals surface area contributed by atoms with Gasteiger partial charge in [0.2, 0.25) is 5.91 Å². The standard InChI is InChI=1S/C21H25Cl2N3O2/c1-4-15-7-5-6-8-19(15)24-20(27)13-26(3)21(28)14-25(2)12-16-9-10-17(22)11-18(16)23/h5-11H,4,12-14H2,1-3H3,(H,24,27)/p+1. The van der Waals surface area contributed by atoms with Crippen LogP contribution in [0.4, 0.5) is 5.69 Å². The lowest BCUT2D eigenvalue weighted by Gasteiger charge is -2.20. The molecule has 0 aliphatic rings. The molecule has 1 unspecified atom stereocenters. The highest BCUT2D eigenvalue weighted by Crippen LogP contribution is 2.20. The van der Waals surface area contributed by atoms with E-state index in [4.69, 9.17) is 23.2 Å². The molecule has 0 heterocycles. The molecular weight excluding hydrogens is 397 g/mol. The molecule has 0 saturated heterocycles. The predicted molar refractivity (Wildman–Crippen MR) is 114 cm³/mol. The molecule has 0 bridgehead atoms. The zero-order valence-electron chi connectivity index (χ0n) is 16.4. The molecule has 2 rings (SSSR count). The summed E-state index contributed by atoms with van der Waals surface area (Å²) in [6.07, 6.45) is 0.826. The van der Waals surface area contributed by atoms with Gasteiger partial charge < -0.3 is 15.1 Å². The van der Waals surface area contributed by atoms with E-state index in [1.807, 2.05) is 44.3 Å². The Morgan fingerprint density at radius 3 is 2.50 bits per heavy atom. The number of hydrogen-bond donors (Lipinski definition) is 2. The molecule has 2 N–H and O–H groups in total. The Balaban J connectivity index is 1.86. The van der Waals surface area contributed by atoms with E-state index in [1.165, 1.54) is 4.90 Å². The van der Waals surface area contributed by atoms with Gasteiger partial charge in [-0.25, -0.2) is 0 Å². The van der Waals surface area contributed by atoms with Gasteiger partial charge in [-0.2, -0.15) is 0 Å². The SMILES string of the molecule is CCc1ccccc1NC(=O)CN(C)C(=O)C[NH+](C)Cc1ccc(Cl)cc1Cl. The molecule has 2 aromatic carbocycles. The number of para-hydroxylation sites is 1. The third-order valence-corrected chi connectivity index (χ3v) is 5.03. The Bertz CT molecular complexity index is 842. The number of nitrogens with one attached hydrogen (secondary N) is 2. The van der Waals surface area contributed by atoms with Gasteiger partial charge in [0.1, 0.15) is 6.54 Å². The van der Waals surface area contributed by atoms with Gasteiger partial charge in [-0.1, -0.05) is 54.4 Å². The maximum absolute atomic E-state index is 12.5. The summed E-state index contributed by atoms with van der Waals surface area (Å²) in [5, 5.41) is 4.05. The number of nitrogens with zero attached hydrogens (tertiary/aromatic N) is 1. The quantitative estimate of drug-likeness (QED) is 0.686. The van der Waals surface area contributed by atoms with Crippen LogP contribution in [0.25, 0.3) is 0 Å². The van der Waals surface area contributed by atoms with E-state index >= 15 is 0 Å². The van der Waals surface area contributed by atoms with E-state index in [1.54, 1.807) is 19.2 Å². The van der Waals surface area contributed by atoms with Gasteiger partial charge in [0, 0.05) is 23.3 Å². The summed E-state index contributed by atoms with van der Waals surface area (Å²) >= 11 is 12.1. The second-order valence-electron chi connectivity index (χ2n) is 6.86. The number of halogens is 2. The van der Waals surface area contributed by atoms with Crippen molar-refractivity contribution < 1.29 is 14.5 Å². The van der Waals surface area contributed by atoms with E-state index in [0.29, 0.717) is 16.6 Å². The molecule has 2 amide bonds. The number of benzene rings is 2. The molecule has 150 valence electrons. The van der Waals surface area contributed by atoms with Crippen molar-refractivity contribution in [1.82, 2.24) is 4.90 Å². The van der Waals surface area contributed by atoms with E-state index in [0.717, 1.165) is 28.1 Å². The summed E-state index contributed by atoms with van der Waals surface area (Å²) in [5.41, 5.74) is 2.78. The zero-order chi connectivity index (χ0) is 20.7. The number of anilines is 1. The van der Waals surface area contributed by atoms with Crippen molar-refractivity contribution >= 4 is 40.7 Å². The number of rotatable bonds is 8. The molecule has 0 aliphatic carbocycles. The molecule has 5 nitrogen and oxygen atoms in total. The molecule has 0 spiro atoms. The third-order valence-electron chi connectivity index (χ3n) is 4.44. The maximum atomic E-state index is 12.5. The van der Waals surface area contributed by atoms with Gasteiger partial charge in [0.25, 0.3) is 5.91 Å².